The van der Waals surface area contributed by atoms with Gasteiger partial charge in [0.05, 0.1) is 0 Å². The molecule has 0 aliphatic carbocycles. The molecule has 19 nitrogen and oxygen atoms in total. The van der Waals surface area contributed by atoms with Crippen molar-refractivity contribution in [3.63, 3.8) is 0 Å². The number of carbonyl (C=O) groups excluding carboxylic acids is 2. The summed E-state index contributed by atoms with van der Waals surface area (Å²) in [5.41, 5.74) is 9.22. The summed E-state index contributed by atoms with van der Waals surface area (Å²) in [5.74, 6) is 0.00566. The SMILES string of the molecule is CNCCCNCCCN.CNCCCNCCCNC(=O)c1ccc(CN2CCNCCNCCNCC2)cc1.CNCCCNCCCNC(=O)c1ccc(CN2CC[N-]CC[N-]CC[N-]CC2)cc1.[Cl][Co][Cl]. The van der Waals surface area contributed by atoms with E-state index in [1.54, 1.807) is 0 Å². The van der Waals surface area contributed by atoms with Gasteiger partial charge in [-0.25, -0.2) is 0 Å². The van der Waals surface area contributed by atoms with Crippen LogP contribution < -0.4 is 64.2 Å². The normalized spacial score (nSPS) is 15.7. The number of benzene rings is 2. The molecule has 4 rings (SSSR count). The number of halogens is 2. The monoisotopic (exact) mass is 1140 g/mol. The van der Waals surface area contributed by atoms with E-state index < -0.39 is 0 Å². The molecule has 437 valence electrons. The van der Waals surface area contributed by atoms with Gasteiger partial charge in [0.25, 0.3) is 11.8 Å². The zero-order chi connectivity index (χ0) is 54.3. The van der Waals surface area contributed by atoms with Crippen LogP contribution in [0.3, 0.4) is 0 Å². The van der Waals surface area contributed by atoms with Crippen molar-refractivity contribution < 1.29 is 22.5 Å². The zero-order valence-electron chi connectivity index (χ0n) is 46.3. The second-order valence-corrected chi connectivity index (χ2v) is 20.0. The molecule has 0 unspecified atom stereocenters. The summed E-state index contributed by atoms with van der Waals surface area (Å²) in [6, 6.07) is 16.0. The van der Waals surface area contributed by atoms with Crippen molar-refractivity contribution in [1.82, 2.24) is 68.3 Å². The Balaban J connectivity index is 0.000000608. The van der Waals surface area contributed by atoms with E-state index in [0.717, 1.165) is 221 Å². The minimum absolute atomic E-state index is 0.00365. The first-order valence-electron chi connectivity index (χ1n) is 27.7. The second kappa shape index (κ2) is 55.2. The Kier molecular flexibility index (Phi) is 52.2. The molecule has 75 heavy (non-hydrogen) atoms. The molecule has 13 N–H and O–H groups in total. The van der Waals surface area contributed by atoms with Crippen molar-refractivity contribution in [2.75, 3.05) is 204 Å². The van der Waals surface area contributed by atoms with Crippen LogP contribution in [-0.4, -0.2) is 226 Å². The van der Waals surface area contributed by atoms with Crippen molar-refractivity contribution in [2.24, 2.45) is 5.73 Å². The second-order valence-electron chi connectivity index (χ2n) is 18.2. The van der Waals surface area contributed by atoms with E-state index >= 15 is 0 Å². The molecular formula is C53H102Cl2CoN17O2-3. The number of hydrogen-bond acceptors (Lipinski definition) is 14. The Morgan fingerprint density at radius 2 is 0.800 bits per heavy atom. The molecule has 2 aliphatic rings. The Labute approximate surface area is 469 Å². The summed E-state index contributed by atoms with van der Waals surface area (Å²) >= 11 is 0.382. The third kappa shape index (κ3) is 44.4. The standard InChI is InChI=1S/C23H43N7O.C23H40N7O.C7H19N3.2ClH.Co/c2*1-24-8-2-9-25-10-3-11-29-23(31)22-6-4-21(5-7-22)20-30-18-16-27-14-12-26-13-15-28-17-19-30;1-9-5-3-7-10-6-2-4-8;;;/h4-7,24-28H,2-3,8-20H2,1H3,(H,29,31);4-7,24-25H,2-3,8-20H2,1H3,(H,29,31);9-10H,2-8H2,1H3;2*1H;/q;-3;;;;+2/p-2. The van der Waals surface area contributed by atoms with E-state index in [1.807, 2.05) is 45.4 Å². The van der Waals surface area contributed by atoms with Crippen molar-refractivity contribution >= 4 is 32.1 Å². The van der Waals surface area contributed by atoms with Crippen LogP contribution in [0.1, 0.15) is 70.4 Å². The predicted octanol–water partition coefficient (Wildman–Crippen LogP) is 2.44. The third-order valence-corrected chi connectivity index (χ3v) is 11.9. The summed E-state index contributed by atoms with van der Waals surface area (Å²) in [7, 11) is 15.4. The molecular weight excluding hydrogens is 1040 g/mol. The number of nitrogens with two attached hydrogens (primary N) is 1. The number of rotatable bonds is 29. The maximum absolute atomic E-state index is 12.4. The first kappa shape index (κ1) is 70.9. The molecule has 0 saturated carbocycles. The molecule has 2 aromatic rings. The van der Waals surface area contributed by atoms with E-state index in [2.05, 4.69) is 109 Å². The van der Waals surface area contributed by atoms with E-state index in [9.17, 15) is 9.59 Å². The summed E-state index contributed by atoms with van der Waals surface area (Å²) in [5, 5.41) is 49.4. The van der Waals surface area contributed by atoms with Crippen LogP contribution in [0.4, 0.5) is 0 Å². The molecule has 2 aromatic carbocycles. The van der Waals surface area contributed by atoms with Crippen LogP contribution in [-0.2, 0) is 26.0 Å². The molecule has 2 amide bonds. The maximum atomic E-state index is 12.4. The van der Waals surface area contributed by atoms with Crippen LogP contribution in [0.2, 0.25) is 0 Å². The number of amides is 2. The molecule has 0 bridgehead atoms. The van der Waals surface area contributed by atoms with Crippen LogP contribution in [0.15, 0.2) is 48.5 Å². The summed E-state index contributed by atoms with van der Waals surface area (Å²) < 4.78 is 0. The van der Waals surface area contributed by atoms with Gasteiger partial charge in [-0.1, -0.05) is 24.3 Å². The quantitative estimate of drug-likeness (QED) is 0.0525. The van der Waals surface area contributed by atoms with Crippen LogP contribution in [0.5, 0.6) is 0 Å². The number of nitrogens with zero attached hydrogens (tertiary/aromatic N) is 5. The fourth-order valence-corrected chi connectivity index (χ4v) is 7.63. The summed E-state index contributed by atoms with van der Waals surface area (Å²) in [4.78, 5) is 29.6. The molecule has 0 atom stereocenters. The van der Waals surface area contributed by atoms with Crippen molar-refractivity contribution in [2.45, 2.75) is 51.6 Å². The fraction of sp³-hybridized carbons (Fsp3) is 0.736. The van der Waals surface area contributed by atoms with Gasteiger partial charge in [0.15, 0.2) is 0 Å². The van der Waals surface area contributed by atoms with Gasteiger partial charge in [0, 0.05) is 89.7 Å². The predicted molar refractivity (Wildman–Crippen MR) is 315 cm³/mol. The molecule has 2 saturated heterocycles. The number of carbonyl (C=O) groups is 2. The number of hydrogen-bond donors (Lipinski definition) is 12. The van der Waals surface area contributed by atoms with Gasteiger partial charge in [-0.2, -0.15) is 26.2 Å². The average Bonchev–Trinajstić information content (AvgIpc) is 3.41. The van der Waals surface area contributed by atoms with Gasteiger partial charge >= 0.3 is 33.2 Å². The van der Waals surface area contributed by atoms with Gasteiger partial charge in [0.1, 0.15) is 0 Å². The molecule has 2 aliphatic heterocycles. The Bertz CT molecular complexity index is 1410. The van der Waals surface area contributed by atoms with Crippen molar-refractivity contribution in [1.29, 1.82) is 0 Å². The van der Waals surface area contributed by atoms with E-state index in [0.29, 0.717) is 31.5 Å². The van der Waals surface area contributed by atoms with Crippen LogP contribution in [0.25, 0.3) is 16.0 Å². The van der Waals surface area contributed by atoms with E-state index in [4.69, 9.17) is 26.0 Å². The topological polar surface area (TPSA) is 241 Å². The van der Waals surface area contributed by atoms with Gasteiger partial charge in [-0.15, -0.1) is 13.1 Å². The fourth-order valence-electron chi connectivity index (χ4n) is 7.63. The molecule has 2 heterocycles. The average molecular weight is 1140 g/mol. The first-order valence-corrected chi connectivity index (χ1v) is 30.6. The van der Waals surface area contributed by atoms with Gasteiger partial charge < -0.3 is 85.1 Å². The van der Waals surface area contributed by atoms with E-state index in [1.165, 1.54) is 17.5 Å². The van der Waals surface area contributed by atoms with Crippen LogP contribution in [0, 0.1) is 0 Å². The van der Waals surface area contributed by atoms with Crippen molar-refractivity contribution in [3.8, 4) is 0 Å². The molecule has 22 heteroatoms. The minimum atomic E-state index is -0.00365. The van der Waals surface area contributed by atoms with E-state index in [-0.39, 0.29) is 11.8 Å². The molecule has 0 spiro atoms. The first-order chi connectivity index (χ1) is 36.9. The molecule has 2 fully saturated rings. The molecule has 0 aromatic heterocycles. The zero-order valence-corrected chi connectivity index (χ0v) is 48.8. The van der Waals surface area contributed by atoms with Gasteiger partial charge in [-0.3, -0.25) is 14.5 Å². The van der Waals surface area contributed by atoms with Gasteiger partial charge in [-0.05, 0) is 174 Å². The Morgan fingerprint density at radius 3 is 1.16 bits per heavy atom. The third-order valence-electron chi connectivity index (χ3n) is 11.9. The Hall–Kier alpha value is -2.13. The summed E-state index contributed by atoms with van der Waals surface area (Å²) in [6.45, 7) is 27.9. The van der Waals surface area contributed by atoms with Crippen molar-refractivity contribution in [3.05, 3.63) is 86.7 Å². The Morgan fingerprint density at radius 1 is 0.480 bits per heavy atom. The number of nitrogens with one attached hydrogen (secondary N) is 11. The van der Waals surface area contributed by atoms with Gasteiger partial charge in [0.2, 0.25) is 0 Å². The molecule has 0 radical (unpaired) electrons. The summed E-state index contributed by atoms with van der Waals surface area (Å²) in [6.07, 6.45) is 6.39. The van der Waals surface area contributed by atoms with Crippen LogP contribution >= 0.6 is 20.3 Å².